The highest BCUT2D eigenvalue weighted by Crippen LogP contribution is 2.10. The van der Waals surface area contributed by atoms with E-state index in [0.717, 1.165) is 6.54 Å². The molecule has 1 saturated heterocycles. The number of hydrogen-bond acceptors (Lipinski definition) is 3. The lowest BCUT2D eigenvalue weighted by Gasteiger charge is -2.35. The van der Waals surface area contributed by atoms with E-state index in [0.29, 0.717) is 13.1 Å². The van der Waals surface area contributed by atoms with Gasteiger partial charge in [0.1, 0.15) is 6.10 Å². The lowest BCUT2D eigenvalue weighted by Crippen LogP contribution is -2.52. The molecule has 0 bridgehead atoms. The van der Waals surface area contributed by atoms with Crippen LogP contribution in [0.15, 0.2) is 0 Å². The molecule has 1 heterocycles. The number of hydrogen-bond donors (Lipinski definition) is 1. The van der Waals surface area contributed by atoms with Crippen LogP contribution in [0.4, 0.5) is 0 Å². The predicted octanol–water partition coefficient (Wildman–Crippen LogP) is -0.419. The fraction of sp³-hybridized carbons (Fsp3) is 0.875. The van der Waals surface area contributed by atoms with Crippen molar-refractivity contribution >= 4 is 5.91 Å². The number of amides is 1. The third kappa shape index (κ3) is 1.76. The number of carbonyl (C=O) groups excluding carboxylic acids is 1. The second-order valence-corrected chi connectivity index (χ2v) is 3.01. The van der Waals surface area contributed by atoms with Crippen LogP contribution in [0.5, 0.6) is 0 Å². The molecule has 1 aliphatic rings. The van der Waals surface area contributed by atoms with Gasteiger partial charge in [-0.15, -0.1) is 0 Å². The first kappa shape index (κ1) is 9.48. The second-order valence-electron chi connectivity index (χ2n) is 3.01. The first-order valence-electron chi connectivity index (χ1n) is 4.33. The number of nitrogens with two attached hydrogens (primary N) is 1. The molecule has 12 heavy (non-hydrogen) atoms. The molecule has 0 aromatic carbocycles. The highest BCUT2D eigenvalue weighted by molar-refractivity contribution is 5.81. The molecule has 0 spiro atoms. The number of nitrogens with zero attached hydrogens (tertiary/aromatic N) is 1. The van der Waals surface area contributed by atoms with Gasteiger partial charge in [0.25, 0.3) is 5.91 Å². The number of ether oxygens (including phenoxy) is 1. The van der Waals surface area contributed by atoms with E-state index in [1.807, 2.05) is 6.92 Å². The van der Waals surface area contributed by atoms with E-state index in [2.05, 4.69) is 0 Å². The smallest absolute Gasteiger partial charge is 0.251 e. The maximum atomic E-state index is 11.4. The summed E-state index contributed by atoms with van der Waals surface area (Å²) in [6.07, 6.45) is -0.315. The van der Waals surface area contributed by atoms with Crippen molar-refractivity contribution < 1.29 is 9.53 Å². The van der Waals surface area contributed by atoms with Crippen molar-refractivity contribution in [2.45, 2.75) is 26.1 Å². The average Bonchev–Trinajstić information content (AvgIpc) is 2.09. The molecule has 1 amide bonds. The second kappa shape index (κ2) is 3.87. The van der Waals surface area contributed by atoms with E-state index in [1.165, 1.54) is 0 Å². The Hall–Kier alpha value is -0.610. The molecule has 0 aliphatic carbocycles. The average molecular weight is 172 g/mol. The minimum absolute atomic E-state index is 0.0117. The molecule has 4 nitrogen and oxygen atoms in total. The van der Waals surface area contributed by atoms with Crippen molar-refractivity contribution in [2.75, 3.05) is 19.6 Å². The maximum Gasteiger partial charge on any atom is 0.251 e. The largest absolute Gasteiger partial charge is 0.362 e. The third-order valence-electron chi connectivity index (χ3n) is 2.12. The Morgan fingerprint density at radius 3 is 2.92 bits per heavy atom. The summed E-state index contributed by atoms with van der Waals surface area (Å²) in [5.74, 6) is 0.0715. The fourth-order valence-corrected chi connectivity index (χ4v) is 1.40. The van der Waals surface area contributed by atoms with Crippen molar-refractivity contribution in [3.8, 4) is 0 Å². The summed E-state index contributed by atoms with van der Waals surface area (Å²) in [6, 6.07) is 0. The SMILES string of the molecule is CCN1C[C@@H](CN)O[C@H](C)C1=O. The third-order valence-corrected chi connectivity index (χ3v) is 2.12. The van der Waals surface area contributed by atoms with Crippen molar-refractivity contribution in [3.63, 3.8) is 0 Å². The maximum absolute atomic E-state index is 11.4. The molecular formula is C8H16N2O2. The predicted molar refractivity (Wildman–Crippen MR) is 45.6 cm³/mol. The van der Waals surface area contributed by atoms with Crippen LogP contribution in [0.3, 0.4) is 0 Å². The standard InChI is InChI=1S/C8H16N2O2/c1-3-10-5-7(4-9)12-6(2)8(10)11/h6-7H,3-5,9H2,1-2H3/t6-,7-/m1/s1. The van der Waals surface area contributed by atoms with Gasteiger partial charge in [-0.3, -0.25) is 4.79 Å². The summed E-state index contributed by atoms with van der Waals surface area (Å²) in [7, 11) is 0. The van der Waals surface area contributed by atoms with Gasteiger partial charge >= 0.3 is 0 Å². The van der Waals surface area contributed by atoms with Crippen LogP contribution in [0.25, 0.3) is 0 Å². The van der Waals surface area contributed by atoms with E-state index >= 15 is 0 Å². The van der Waals surface area contributed by atoms with E-state index in [1.54, 1.807) is 11.8 Å². The summed E-state index contributed by atoms with van der Waals surface area (Å²) in [5.41, 5.74) is 5.46. The first-order chi connectivity index (χ1) is 5.69. The zero-order valence-corrected chi connectivity index (χ0v) is 7.62. The van der Waals surface area contributed by atoms with Crippen LogP contribution in [0, 0.1) is 0 Å². The molecule has 0 aromatic rings. The number of likely N-dealkylation sites (N-methyl/N-ethyl adjacent to an activating group) is 1. The van der Waals surface area contributed by atoms with Gasteiger partial charge in [-0.05, 0) is 13.8 Å². The van der Waals surface area contributed by atoms with Gasteiger partial charge in [-0.2, -0.15) is 0 Å². The zero-order chi connectivity index (χ0) is 9.14. The van der Waals surface area contributed by atoms with Gasteiger partial charge in [-0.1, -0.05) is 0 Å². The summed E-state index contributed by atoms with van der Waals surface area (Å²) in [6.45, 7) is 5.59. The Kier molecular flexibility index (Phi) is 3.05. The molecule has 0 unspecified atom stereocenters. The van der Waals surface area contributed by atoms with Gasteiger partial charge in [0.2, 0.25) is 0 Å². The van der Waals surface area contributed by atoms with Gasteiger partial charge in [0.15, 0.2) is 0 Å². The molecule has 0 radical (unpaired) electrons. The molecule has 0 saturated carbocycles. The van der Waals surface area contributed by atoms with Crippen molar-refractivity contribution in [1.82, 2.24) is 4.90 Å². The number of rotatable bonds is 2. The minimum Gasteiger partial charge on any atom is -0.362 e. The normalized spacial score (nSPS) is 30.9. The van der Waals surface area contributed by atoms with Gasteiger partial charge in [0.05, 0.1) is 6.10 Å². The Morgan fingerprint density at radius 2 is 2.42 bits per heavy atom. The summed E-state index contributed by atoms with van der Waals surface area (Å²) < 4.78 is 5.36. The Balaban J connectivity index is 2.58. The highest BCUT2D eigenvalue weighted by Gasteiger charge is 2.30. The molecule has 70 valence electrons. The van der Waals surface area contributed by atoms with Crippen molar-refractivity contribution in [2.24, 2.45) is 5.73 Å². The van der Waals surface area contributed by atoms with Crippen LogP contribution in [-0.4, -0.2) is 42.6 Å². The number of morpholine rings is 1. The molecule has 2 atom stereocenters. The minimum atomic E-state index is -0.327. The van der Waals surface area contributed by atoms with E-state index in [4.69, 9.17) is 10.5 Å². The Bertz CT molecular complexity index is 172. The fourth-order valence-electron chi connectivity index (χ4n) is 1.40. The van der Waals surface area contributed by atoms with Crippen LogP contribution in [-0.2, 0) is 9.53 Å². The van der Waals surface area contributed by atoms with Gasteiger partial charge in [-0.25, -0.2) is 0 Å². The highest BCUT2D eigenvalue weighted by atomic mass is 16.5. The van der Waals surface area contributed by atoms with Crippen LogP contribution >= 0.6 is 0 Å². The molecule has 0 aromatic heterocycles. The molecule has 1 fully saturated rings. The van der Waals surface area contributed by atoms with Gasteiger partial charge in [0, 0.05) is 19.6 Å². The Morgan fingerprint density at radius 1 is 1.75 bits per heavy atom. The summed E-state index contributed by atoms with van der Waals surface area (Å²) in [5, 5.41) is 0. The van der Waals surface area contributed by atoms with Gasteiger partial charge < -0.3 is 15.4 Å². The van der Waals surface area contributed by atoms with Crippen LogP contribution in [0.1, 0.15) is 13.8 Å². The molecule has 2 N–H and O–H groups in total. The van der Waals surface area contributed by atoms with E-state index in [-0.39, 0.29) is 18.1 Å². The van der Waals surface area contributed by atoms with Crippen LogP contribution in [0.2, 0.25) is 0 Å². The monoisotopic (exact) mass is 172 g/mol. The quantitative estimate of drug-likeness (QED) is 0.615. The first-order valence-corrected chi connectivity index (χ1v) is 4.33. The van der Waals surface area contributed by atoms with Crippen LogP contribution < -0.4 is 5.73 Å². The molecular weight excluding hydrogens is 156 g/mol. The molecule has 1 aliphatic heterocycles. The Labute approximate surface area is 72.7 Å². The topological polar surface area (TPSA) is 55.6 Å². The van der Waals surface area contributed by atoms with E-state index in [9.17, 15) is 4.79 Å². The zero-order valence-electron chi connectivity index (χ0n) is 7.62. The summed E-state index contributed by atoms with van der Waals surface area (Å²) in [4.78, 5) is 13.2. The van der Waals surface area contributed by atoms with Crippen molar-refractivity contribution in [1.29, 1.82) is 0 Å². The lowest BCUT2D eigenvalue weighted by molar-refractivity contribution is -0.158. The number of carbonyl (C=O) groups is 1. The molecule has 4 heteroatoms. The lowest BCUT2D eigenvalue weighted by atomic mass is 10.2. The molecule has 1 rings (SSSR count). The van der Waals surface area contributed by atoms with Crippen molar-refractivity contribution in [3.05, 3.63) is 0 Å². The van der Waals surface area contributed by atoms with E-state index < -0.39 is 0 Å². The summed E-state index contributed by atoms with van der Waals surface area (Å²) >= 11 is 0.